The molecule has 0 N–H and O–H groups in total. The van der Waals surface area contributed by atoms with Gasteiger partial charge in [-0.25, -0.2) is 0 Å². The maximum Gasteiger partial charge on any atom is -0.00853 e. The summed E-state index contributed by atoms with van der Waals surface area (Å²) in [6, 6.07) is 6.40. The van der Waals surface area contributed by atoms with Crippen molar-refractivity contribution >= 4 is 11.1 Å². The molecule has 1 aliphatic carbocycles. The minimum Gasteiger partial charge on any atom is -0.0911 e. The lowest BCUT2D eigenvalue weighted by Crippen LogP contribution is -1.85. The SMILES string of the molecule is C=C1C=C(C)c2cccc(C)c21. The fourth-order valence-corrected chi connectivity index (χ4v) is 1.83. The monoisotopic (exact) mass is 156 g/mol. The summed E-state index contributed by atoms with van der Waals surface area (Å²) in [6.07, 6.45) is 2.15. The van der Waals surface area contributed by atoms with Gasteiger partial charge in [-0.1, -0.05) is 30.9 Å². The molecule has 0 atom stereocenters. The lowest BCUT2D eigenvalue weighted by Gasteiger charge is -2.04. The molecule has 0 heteroatoms. The molecule has 1 aliphatic rings. The van der Waals surface area contributed by atoms with Gasteiger partial charge in [-0.05, 0) is 41.7 Å². The van der Waals surface area contributed by atoms with Crippen molar-refractivity contribution in [3.05, 3.63) is 47.5 Å². The molecule has 1 aromatic rings. The molecule has 0 saturated carbocycles. The van der Waals surface area contributed by atoms with Crippen LogP contribution in [0.15, 0.2) is 30.9 Å². The Morgan fingerprint density at radius 3 is 2.58 bits per heavy atom. The second-order valence-corrected chi connectivity index (χ2v) is 3.35. The Hall–Kier alpha value is -1.30. The van der Waals surface area contributed by atoms with Gasteiger partial charge in [0, 0.05) is 0 Å². The number of benzene rings is 1. The summed E-state index contributed by atoms with van der Waals surface area (Å²) in [5.41, 5.74) is 6.49. The average molecular weight is 156 g/mol. The highest BCUT2D eigenvalue weighted by atomic mass is 14.2. The van der Waals surface area contributed by atoms with Gasteiger partial charge in [0.15, 0.2) is 0 Å². The predicted molar refractivity (Wildman–Crippen MR) is 53.9 cm³/mol. The van der Waals surface area contributed by atoms with E-state index in [1.807, 2.05) is 0 Å². The number of allylic oxidation sites excluding steroid dienone is 3. The quantitative estimate of drug-likeness (QED) is 0.540. The van der Waals surface area contributed by atoms with Gasteiger partial charge in [-0.2, -0.15) is 0 Å². The van der Waals surface area contributed by atoms with Crippen LogP contribution in [0, 0.1) is 6.92 Å². The maximum absolute atomic E-state index is 4.03. The third-order valence-electron chi connectivity index (χ3n) is 2.41. The van der Waals surface area contributed by atoms with E-state index in [2.05, 4.69) is 44.7 Å². The van der Waals surface area contributed by atoms with Crippen molar-refractivity contribution in [2.24, 2.45) is 0 Å². The maximum atomic E-state index is 4.03. The van der Waals surface area contributed by atoms with E-state index in [9.17, 15) is 0 Å². The van der Waals surface area contributed by atoms with E-state index >= 15 is 0 Å². The summed E-state index contributed by atoms with van der Waals surface area (Å²) in [4.78, 5) is 0. The highest BCUT2D eigenvalue weighted by Gasteiger charge is 2.14. The summed E-state index contributed by atoms with van der Waals surface area (Å²) in [5, 5.41) is 0. The first kappa shape index (κ1) is 7.35. The highest BCUT2D eigenvalue weighted by Crippen LogP contribution is 2.35. The smallest absolute Gasteiger partial charge is 0.00853 e. The Morgan fingerprint density at radius 1 is 1.17 bits per heavy atom. The lowest BCUT2D eigenvalue weighted by molar-refractivity contribution is 1.42. The van der Waals surface area contributed by atoms with Crippen molar-refractivity contribution in [2.75, 3.05) is 0 Å². The molecule has 60 valence electrons. The third kappa shape index (κ3) is 0.845. The largest absolute Gasteiger partial charge is 0.0911 e. The van der Waals surface area contributed by atoms with Crippen molar-refractivity contribution in [1.82, 2.24) is 0 Å². The summed E-state index contributed by atoms with van der Waals surface area (Å²) < 4.78 is 0. The summed E-state index contributed by atoms with van der Waals surface area (Å²) in [6.45, 7) is 8.30. The Kier molecular flexibility index (Phi) is 1.44. The molecule has 0 aliphatic heterocycles. The zero-order chi connectivity index (χ0) is 8.72. The Labute approximate surface area is 73.2 Å². The fraction of sp³-hybridized carbons (Fsp3) is 0.167. The topological polar surface area (TPSA) is 0 Å². The van der Waals surface area contributed by atoms with Gasteiger partial charge in [-0.15, -0.1) is 0 Å². The predicted octanol–water partition coefficient (Wildman–Crippen LogP) is 3.43. The van der Waals surface area contributed by atoms with Crippen molar-refractivity contribution < 1.29 is 0 Å². The van der Waals surface area contributed by atoms with E-state index in [1.54, 1.807) is 0 Å². The second-order valence-electron chi connectivity index (χ2n) is 3.35. The Balaban J connectivity index is 2.76. The third-order valence-corrected chi connectivity index (χ3v) is 2.41. The van der Waals surface area contributed by atoms with Crippen molar-refractivity contribution in [3.63, 3.8) is 0 Å². The zero-order valence-electron chi connectivity index (χ0n) is 7.52. The van der Waals surface area contributed by atoms with E-state index in [0.29, 0.717) is 0 Å². The van der Waals surface area contributed by atoms with Crippen LogP contribution in [0.1, 0.15) is 23.6 Å². The zero-order valence-corrected chi connectivity index (χ0v) is 7.52. The van der Waals surface area contributed by atoms with Crippen LogP contribution in [0.5, 0.6) is 0 Å². The first-order chi connectivity index (χ1) is 5.70. The van der Waals surface area contributed by atoms with Gasteiger partial charge in [0.2, 0.25) is 0 Å². The van der Waals surface area contributed by atoms with E-state index in [0.717, 1.165) is 5.57 Å². The molecule has 0 bridgehead atoms. The molecule has 0 unspecified atom stereocenters. The second kappa shape index (κ2) is 2.34. The number of rotatable bonds is 0. The molecule has 0 nitrogen and oxygen atoms in total. The molecule has 0 heterocycles. The minimum atomic E-state index is 1.15. The molecule has 0 saturated heterocycles. The van der Waals surface area contributed by atoms with Gasteiger partial charge in [0.1, 0.15) is 0 Å². The Morgan fingerprint density at radius 2 is 1.92 bits per heavy atom. The van der Waals surface area contributed by atoms with Crippen LogP contribution < -0.4 is 0 Å². The Bertz CT molecular complexity index is 381. The molecule has 0 spiro atoms. The molecular formula is C12H12. The van der Waals surface area contributed by atoms with E-state index in [1.165, 1.54) is 22.3 Å². The number of fused-ring (bicyclic) bond motifs is 1. The minimum absolute atomic E-state index is 1.15. The molecule has 0 aromatic heterocycles. The molecule has 0 radical (unpaired) electrons. The molecule has 12 heavy (non-hydrogen) atoms. The van der Waals surface area contributed by atoms with Gasteiger partial charge in [0.25, 0.3) is 0 Å². The summed E-state index contributed by atoms with van der Waals surface area (Å²) in [7, 11) is 0. The number of hydrogen-bond donors (Lipinski definition) is 0. The van der Waals surface area contributed by atoms with Crippen LogP contribution in [0.2, 0.25) is 0 Å². The van der Waals surface area contributed by atoms with Gasteiger partial charge in [-0.3, -0.25) is 0 Å². The van der Waals surface area contributed by atoms with E-state index < -0.39 is 0 Å². The van der Waals surface area contributed by atoms with Crippen molar-refractivity contribution in [3.8, 4) is 0 Å². The number of aryl methyl sites for hydroxylation is 1. The first-order valence-corrected chi connectivity index (χ1v) is 4.17. The van der Waals surface area contributed by atoms with Crippen LogP contribution in [0.3, 0.4) is 0 Å². The molecular weight excluding hydrogens is 144 g/mol. The van der Waals surface area contributed by atoms with E-state index in [-0.39, 0.29) is 0 Å². The van der Waals surface area contributed by atoms with Crippen LogP contribution >= 0.6 is 0 Å². The summed E-state index contributed by atoms with van der Waals surface area (Å²) >= 11 is 0. The summed E-state index contributed by atoms with van der Waals surface area (Å²) in [5.74, 6) is 0. The lowest BCUT2D eigenvalue weighted by atomic mass is 10.00. The molecule has 0 fully saturated rings. The van der Waals surface area contributed by atoms with Crippen molar-refractivity contribution in [1.29, 1.82) is 0 Å². The average Bonchev–Trinajstić information content (AvgIpc) is 2.29. The van der Waals surface area contributed by atoms with Gasteiger partial charge >= 0.3 is 0 Å². The number of hydrogen-bond acceptors (Lipinski definition) is 0. The normalized spacial score (nSPS) is 14.5. The fourth-order valence-electron chi connectivity index (χ4n) is 1.83. The highest BCUT2D eigenvalue weighted by molar-refractivity contribution is 5.95. The first-order valence-electron chi connectivity index (χ1n) is 4.17. The van der Waals surface area contributed by atoms with Crippen molar-refractivity contribution in [2.45, 2.75) is 13.8 Å². The molecule has 2 rings (SSSR count). The van der Waals surface area contributed by atoms with Crippen LogP contribution in [-0.4, -0.2) is 0 Å². The van der Waals surface area contributed by atoms with E-state index in [4.69, 9.17) is 0 Å². The van der Waals surface area contributed by atoms with Gasteiger partial charge < -0.3 is 0 Å². The van der Waals surface area contributed by atoms with Crippen LogP contribution in [-0.2, 0) is 0 Å². The van der Waals surface area contributed by atoms with Crippen LogP contribution in [0.4, 0.5) is 0 Å². The van der Waals surface area contributed by atoms with Crippen LogP contribution in [0.25, 0.3) is 11.1 Å². The van der Waals surface area contributed by atoms with Gasteiger partial charge in [0.05, 0.1) is 0 Å². The standard InChI is InChI=1S/C12H12/c1-8-5-4-6-11-9(2)7-10(3)12(8)11/h4-7H,3H2,1-2H3. The molecule has 1 aromatic carbocycles. The molecule has 0 amide bonds.